The molecule has 3 atom stereocenters. The number of carbonyl (C=O) groups excluding carboxylic acids is 1. The Morgan fingerprint density at radius 1 is 1.53 bits per heavy atom. The second-order valence-electron chi connectivity index (χ2n) is 4.15. The van der Waals surface area contributed by atoms with Crippen molar-refractivity contribution in [2.24, 2.45) is 5.92 Å². The highest BCUT2D eigenvalue weighted by molar-refractivity contribution is 5.79. The lowest BCUT2D eigenvalue weighted by molar-refractivity contribution is -0.147. The fraction of sp³-hybridized carbons (Fsp3) is 0.818. The molecular weight excluding hydrogens is 226 g/mol. The van der Waals surface area contributed by atoms with Gasteiger partial charge >= 0.3 is 5.97 Å². The van der Waals surface area contributed by atoms with Crippen LogP contribution < -0.4 is 5.32 Å². The third-order valence-electron chi connectivity index (χ3n) is 2.95. The molecule has 1 saturated heterocycles. The van der Waals surface area contributed by atoms with E-state index in [1.807, 2.05) is 6.92 Å². The zero-order valence-electron chi connectivity index (χ0n) is 9.89. The summed E-state index contributed by atoms with van der Waals surface area (Å²) in [5, 5.41) is 20.1. The fourth-order valence-electron chi connectivity index (χ4n) is 1.94. The van der Waals surface area contributed by atoms with Crippen molar-refractivity contribution in [1.29, 1.82) is 0 Å². The Labute approximate surface area is 100.0 Å². The van der Waals surface area contributed by atoms with Crippen molar-refractivity contribution >= 4 is 11.9 Å². The largest absolute Gasteiger partial charge is 0.479 e. The van der Waals surface area contributed by atoms with E-state index in [2.05, 4.69) is 5.32 Å². The van der Waals surface area contributed by atoms with Crippen molar-refractivity contribution in [3.63, 3.8) is 0 Å². The van der Waals surface area contributed by atoms with Crippen molar-refractivity contribution in [3.05, 3.63) is 0 Å². The number of ether oxygens (including phenoxy) is 1. The van der Waals surface area contributed by atoms with Crippen LogP contribution in [-0.2, 0) is 14.3 Å². The van der Waals surface area contributed by atoms with Crippen LogP contribution in [0.4, 0.5) is 0 Å². The van der Waals surface area contributed by atoms with E-state index >= 15 is 0 Å². The number of rotatable bonds is 6. The third-order valence-corrected chi connectivity index (χ3v) is 2.95. The molecule has 1 aliphatic rings. The molecule has 1 amide bonds. The van der Waals surface area contributed by atoms with E-state index in [0.29, 0.717) is 13.0 Å². The minimum atomic E-state index is -1.42. The van der Waals surface area contributed by atoms with Gasteiger partial charge in [0, 0.05) is 19.6 Å². The topological polar surface area (TPSA) is 95.9 Å². The molecule has 1 heterocycles. The molecule has 0 aliphatic carbocycles. The first kappa shape index (κ1) is 13.9. The molecule has 1 aliphatic heterocycles. The van der Waals surface area contributed by atoms with Crippen LogP contribution in [-0.4, -0.2) is 47.4 Å². The molecule has 3 N–H and O–H groups in total. The Bertz CT molecular complexity index is 281. The summed E-state index contributed by atoms with van der Waals surface area (Å²) in [5.74, 6) is -1.54. The molecule has 1 rings (SSSR count). The molecular formula is C11H19NO5. The summed E-state index contributed by atoms with van der Waals surface area (Å²) in [6.45, 7) is 2.72. The molecule has 0 radical (unpaired) electrons. The van der Waals surface area contributed by atoms with Crippen LogP contribution in [0.3, 0.4) is 0 Å². The van der Waals surface area contributed by atoms with Crippen LogP contribution in [0.2, 0.25) is 0 Å². The highest BCUT2D eigenvalue weighted by atomic mass is 16.5. The Morgan fingerprint density at radius 3 is 2.82 bits per heavy atom. The van der Waals surface area contributed by atoms with Gasteiger partial charge in [-0.1, -0.05) is 6.92 Å². The minimum absolute atomic E-state index is 0.0193. The Balaban J connectivity index is 2.27. The van der Waals surface area contributed by atoms with Crippen LogP contribution in [0.1, 0.15) is 26.2 Å². The van der Waals surface area contributed by atoms with Gasteiger partial charge in [-0.2, -0.15) is 0 Å². The van der Waals surface area contributed by atoms with Gasteiger partial charge in [0.25, 0.3) is 0 Å². The fourth-order valence-corrected chi connectivity index (χ4v) is 1.94. The van der Waals surface area contributed by atoms with Gasteiger partial charge in [-0.05, 0) is 12.8 Å². The first-order valence-corrected chi connectivity index (χ1v) is 5.86. The highest BCUT2D eigenvalue weighted by Crippen LogP contribution is 2.23. The third kappa shape index (κ3) is 3.98. The number of carbonyl (C=O) groups is 2. The minimum Gasteiger partial charge on any atom is -0.479 e. The maximum Gasteiger partial charge on any atom is 0.332 e. The quantitative estimate of drug-likeness (QED) is 0.600. The molecule has 6 nitrogen and oxygen atoms in total. The lowest BCUT2D eigenvalue weighted by Gasteiger charge is -2.16. The van der Waals surface area contributed by atoms with E-state index < -0.39 is 12.1 Å². The molecule has 0 bridgehead atoms. The van der Waals surface area contributed by atoms with Gasteiger partial charge in [0.2, 0.25) is 5.91 Å². The number of hydrogen-bond donors (Lipinski definition) is 3. The van der Waals surface area contributed by atoms with E-state index in [1.54, 1.807) is 0 Å². The van der Waals surface area contributed by atoms with Gasteiger partial charge in [0.05, 0.1) is 12.0 Å². The zero-order valence-corrected chi connectivity index (χ0v) is 9.89. The van der Waals surface area contributed by atoms with Crippen LogP contribution in [0.15, 0.2) is 0 Å². The molecule has 17 heavy (non-hydrogen) atoms. The van der Waals surface area contributed by atoms with E-state index in [0.717, 1.165) is 6.42 Å². The zero-order chi connectivity index (χ0) is 12.8. The number of carboxylic acid groups (broad SMARTS) is 1. The summed E-state index contributed by atoms with van der Waals surface area (Å²) in [7, 11) is 0. The summed E-state index contributed by atoms with van der Waals surface area (Å²) >= 11 is 0. The summed E-state index contributed by atoms with van der Waals surface area (Å²) < 4.78 is 5.40. The summed E-state index contributed by atoms with van der Waals surface area (Å²) in [4.78, 5) is 22.1. The molecule has 6 heteroatoms. The highest BCUT2D eigenvalue weighted by Gasteiger charge is 2.32. The number of carboxylic acids is 1. The number of amides is 1. The monoisotopic (exact) mass is 245 g/mol. The average Bonchev–Trinajstić information content (AvgIpc) is 2.76. The molecule has 0 aromatic heterocycles. The molecule has 0 aromatic carbocycles. The molecule has 3 unspecified atom stereocenters. The Morgan fingerprint density at radius 2 is 2.24 bits per heavy atom. The standard InChI is InChI=1S/C11H19NO5/c1-2-9-7(4-6-17-9)10(14)12-5-3-8(13)11(15)16/h7-9,13H,2-6H2,1H3,(H,12,14)(H,15,16). The molecule has 1 fully saturated rings. The lowest BCUT2D eigenvalue weighted by Crippen LogP contribution is -2.37. The number of aliphatic hydroxyl groups excluding tert-OH is 1. The van der Waals surface area contributed by atoms with E-state index in [9.17, 15) is 9.59 Å². The van der Waals surface area contributed by atoms with Gasteiger partial charge in [-0.3, -0.25) is 4.79 Å². The molecule has 0 spiro atoms. The van der Waals surface area contributed by atoms with E-state index in [1.165, 1.54) is 0 Å². The van der Waals surface area contributed by atoms with E-state index in [4.69, 9.17) is 14.9 Å². The number of aliphatic hydroxyl groups is 1. The van der Waals surface area contributed by atoms with E-state index in [-0.39, 0.29) is 30.9 Å². The smallest absolute Gasteiger partial charge is 0.332 e. The number of aliphatic carboxylic acids is 1. The van der Waals surface area contributed by atoms with Crippen molar-refractivity contribution in [3.8, 4) is 0 Å². The number of nitrogens with one attached hydrogen (secondary N) is 1. The number of hydrogen-bond acceptors (Lipinski definition) is 4. The predicted octanol–water partition coefficient (Wildman–Crippen LogP) is -0.247. The normalized spacial score (nSPS) is 25.5. The average molecular weight is 245 g/mol. The Hall–Kier alpha value is -1.14. The SMILES string of the molecule is CCC1OCCC1C(=O)NCCC(O)C(=O)O. The van der Waals surface area contributed by atoms with Gasteiger partial charge < -0.3 is 20.3 Å². The van der Waals surface area contributed by atoms with Crippen molar-refractivity contribution < 1.29 is 24.5 Å². The summed E-state index contributed by atoms with van der Waals surface area (Å²) in [6.07, 6.45) is 0.0455. The van der Waals surface area contributed by atoms with Crippen LogP contribution in [0.25, 0.3) is 0 Å². The molecule has 0 saturated carbocycles. The van der Waals surface area contributed by atoms with Gasteiger partial charge in [0.15, 0.2) is 6.10 Å². The second kappa shape index (κ2) is 6.56. The Kier molecular flexibility index (Phi) is 5.37. The first-order valence-electron chi connectivity index (χ1n) is 5.86. The van der Waals surface area contributed by atoms with Crippen LogP contribution in [0, 0.1) is 5.92 Å². The van der Waals surface area contributed by atoms with Crippen LogP contribution in [0.5, 0.6) is 0 Å². The second-order valence-corrected chi connectivity index (χ2v) is 4.15. The van der Waals surface area contributed by atoms with Crippen molar-refractivity contribution in [1.82, 2.24) is 5.32 Å². The predicted molar refractivity (Wildman–Crippen MR) is 59.4 cm³/mol. The molecule has 0 aromatic rings. The van der Waals surface area contributed by atoms with Gasteiger partial charge in [-0.15, -0.1) is 0 Å². The maximum atomic E-state index is 11.7. The summed E-state index contributed by atoms with van der Waals surface area (Å²) in [5.41, 5.74) is 0. The van der Waals surface area contributed by atoms with Crippen molar-refractivity contribution in [2.45, 2.75) is 38.4 Å². The van der Waals surface area contributed by atoms with Gasteiger partial charge in [-0.25, -0.2) is 4.79 Å². The molecule has 98 valence electrons. The van der Waals surface area contributed by atoms with Crippen LogP contribution >= 0.6 is 0 Å². The van der Waals surface area contributed by atoms with Gasteiger partial charge in [0.1, 0.15) is 0 Å². The van der Waals surface area contributed by atoms with Crippen molar-refractivity contribution in [2.75, 3.05) is 13.2 Å². The lowest BCUT2D eigenvalue weighted by atomic mass is 9.98. The maximum absolute atomic E-state index is 11.7. The first-order chi connectivity index (χ1) is 8.06. The summed E-state index contributed by atoms with van der Waals surface area (Å²) in [6, 6.07) is 0.